The highest BCUT2D eigenvalue weighted by atomic mass is 19.3. The van der Waals surface area contributed by atoms with Crippen molar-refractivity contribution in [3.8, 4) is 17.0 Å². The first-order valence-corrected chi connectivity index (χ1v) is 10.1. The molecule has 1 N–H and O–H groups in total. The van der Waals surface area contributed by atoms with Crippen LogP contribution >= 0.6 is 0 Å². The van der Waals surface area contributed by atoms with Crippen molar-refractivity contribution in [2.45, 2.75) is 39.0 Å². The molecule has 7 nitrogen and oxygen atoms in total. The van der Waals surface area contributed by atoms with Gasteiger partial charge in [0.2, 0.25) is 0 Å². The van der Waals surface area contributed by atoms with Crippen LogP contribution in [0, 0.1) is 0 Å². The average molecular weight is 432 g/mol. The third-order valence-electron chi connectivity index (χ3n) is 4.86. The lowest BCUT2D eigenvalue weighted by Crippen LogP contribution is -2.24. The van der Waals surface area contributed by atoms with Crippen LogP contribution in [0.25, 0.3) is 22.3 Å². The number of aldehydes is 1. The van der Waals surface area contributed by atoms with Crippen LogP contribution in [0.1, 0.15) is 36.7 Å². The zero-order valence-electron chi connectivity index (χ0n) is 17.7. The Bertz CT molecular complexity index is 1020. The number of pyridine rings is 1. The Kier molecular flexibility index (Phi) is 7.64. The minimum Gasteiger partial charge on any atom is -0.435 e. The van der Waals surface area contributed by atoms with Crippen LogP contribution in [0.2, 0.25) is 0 Å². The maximum absolute atomic E-state index is 12.4. The second kappa shape index (κ2) is 10.4. The molecule has 2 aromatic heterocycles. The second-order valence-corrected chi connectivity index (χ2v) is 7.40. The zero-order valence-corrected chi connectivity index (χ0v) is 17.7. The molecule has 1 aliphatic rings. The molecule has 1 unspecified atom stereocenters. The van der Waals surface area contributed by atoms with E-state index in [1.54, 1.807) is 22.9 Å². The van der Waals surface area contributed by atoms with Gasteiger partial charge in [-0.25, -0.2) is 0 Å². The summed E-state index contributed by atoms with van der Waals surface area (Å²) >= 11 is 0. The van der Waals surface area contributed by atoms with Gasteiger partial charge in [-0.05, 0) is 45.5 Å². The largest absolute Gasteiger partial charge is 0.435 e. The highest BCUT2D eigenvalue weighted by Crippen LogP contribution is 2.31. The number of hydrogen-bond acceptors (Lipinski definition) is 6. The first-order valence-electron chi connectivity index (χ1n) is 10.1. The van der Waals surface area contributed by atoms with Gasteiger partial charge in [-0.3, -0.25) is 14.5 Å². The van der Waals surface area contributed by atoms with Crippen LogP contribution in [-0.2, 0) is 4.74 Å². The number of alkyl halides is 2. The van der Waals surface area contributed by atoms with Gasteiger partial charge in [0, 0.05) is 36.0 Å². The minimum absolute atomic E-state index is 0.0467. The van der Waals surface area contributed by atoms with Gasteiger partial charge in [0.1, 0.15) is 17.0 Å². The molecule has 3 heterocycles. The molecule has 1 saturated heterocycles. The predicted octanol–water partition coefficient (Wildman–Crippen LogP) is 4.09. The monoisotopic (exact) mass is 432 g/mol. The van der Waals surface area contributed by atoms with Crippen molar-refractivity contribution >= 4 is 17.3 Å². The average Bonchev–Trinajstić information content (AvgIpc) is 3.41. The summed E-state index contributed by atoms with van der Waals surface area (Å²) in [5.74, 6) is 0.0549. The topological polar surface area (TPSA) is 78.3 Å². The SMILES string of the molecule is CC(C)n1nc(-c2cccc(OC(F)F)c2)c2ncc(C=O)cc21.CNC1CCOC1. The van der Waals surface area contributed by atoms with E-state index in [-0.39, 0.29) is 11.8 Å². The number of fused-ring (bicyclic) bond motifs is 1. The van der Waals surface area contributed by atoms with Gasteiger partial charge in [0.05, 0.1) is 12.1 Å². The van der Waals surface area contributed by atoms with Gasteiger partial charge in [0.25, 0.3) is 0 Å². The Balaban J connectivity index is 0.000000330. The number of hydrogen-bond donors (Lipinski definition) is 1. The van der Waals surface area contributed by atoms with Gasteiger partial charge in [-0.1, -0.05) is 12.1 Å². The van der Waals surface area contributed by atoms with E-state index >= 15 is 0 Å². The molecule has 1 aliphatic heterocycles. The number of halogens is 2. The van der Waals surface area contributed by atoms with E-state index in [4.69, 9.17) is 4.74 Å². The van der Waals surface area contributed by atoms with Gasteiger partial charge in [0.15, 0.2) is 6.29 Å². The number of ether oxygens (including phenoxy) is 2. The van der Waals surface area contributed by atoms with E-state index in [9.17, 15) is 13.6 Å². The number of nitrogens with one attached hydrogen (secondary N) is 1. The summed E-state index contributed by atoms with van der Waals surface area (Å²) in [6.45, 7) is 2.86. The van der Waals surface area contributed by atoms with Crippen LogP contribution in [0.5, 0.6) is 5.75 Å². The van der Waals surface area contributed by atoms with Crippen molar-refractivity contribution in [3.05, 3.63) is 42.1 Å². The molecule has 0 radical (unpaired) electrons. The molecule has 0 bridgehead atoms. The summed E-state index contributed by atoms with van der Waals surface area (Å²) in [7, 11) is 1.97. The molecule has 1 aromatic carbocycles. The van der Waals surface area contributed by atoms with Crippen molar-refractivity contribution < 1.29 is 23.0 Å². The highest BCUT2D eigenvalue weighted by Gasteiger charge is 2.17. The van der Waals surface area contributed by atoms with E-state index < -0.39 is 6.61 Å². The summed E-state index contributed by atoms with van der Waals surface area (Å²) in [5.41, 5.74) is 2.93. The van der Waals surface area contributed by atoms with E-state index in [1.807, 2.05) is 20.9 Å². The van der Waals surface area contributed by atoms with Crippen molar-refractivity contribution in [1.82, 2.24) is 20.1 Å². The van der Waals surface area contributed by atoms with Crippen LogP contribution < -0.4 is 10.1 Å². The molecular formula is C22H26F2N4O3. The van der Waals surface area contributed by atoms with Crippen molar-refractivity contribution in [2.24, 2.45) is 0 Å². The van der Waals surface area contributed by atoms with Crippen molar-refractivity contribution in [2.75, 3.05) is 20.3 Å². The van der Waals surface area contributed by atoms with E-state index in [2.05, 4.69) is 20.1 Å². The van der Waals surface area contributed by atoms with Crippen LogP contribution in [0.15, 0.2) is 36.5 Å². The molecule has 0 amide bonds. The normalized spacial score (nSPS) is 15.9. The molecular weight excluding hydrogens is 406 g/mol. The predicted molar refractivity (Wildman–Crippen MR) is 114 cm³/mol. The Morgan fingerprint density at radius 2 is 2.13 bits per heavy atom. The maximum atomic E-state index is 12.4. The zero-order chi connectivity index (χ0) is 22.4. The number of benzene rings is 1. The fourth-order valence-corrected chi connectivity index (χ4v) is 3.27. The van der Waals surface area contributed by atoms with Gasteiger partial charge in [-0.15, -0.1) is 0 Å². The molecule has 1 fully saturated rings. The molecule has 4 rings (SSSR count). The molecule has 0 spiro atoms. The number of rotatable bonds is 6. The molecule has 3 aromatic rings. The fraction of sp³-hybridized carbons (Fsp3) is 0.409. The Labute approximate surface area is 179 Å². The fourth-order valence-electron chi connectivity index (χ4n) is 3.27. The third kappa shape index (κ3) is 5.62. The molecule has 31 heavy (non-hydrogen) atoms. The first kappa shape index (κ1) is 22.8. The number of carbonyl (C=O) groups is 1. The third-order valence-corrected chi connectivity index (χ3v) is 4.86. The van der Waals surface area contributed by atoms with Gasteiger partial charge >= 0.3 is 6.61 Å². The lowest BCUT2D eigenvalue weighted by Gasteiger charge is -2.06. The second-order valence-electron chi connectivity index (χ2n) is 7.40. The van der Waals surface area contributed by atoms with Gasteiger partial charge < -0.3 is 14.8 Å². The quantitative estimate of drug-likeness (QED) is 0.591. The number of aromatic nitrogens is 3. The smallest absolute Gasteiger partial charge is 0.387 e. The summed E-state index contributed by atoms with van der Waals surface area (Å²) in [5, 5.41) is 7.69. The highest BCUT2D eigenvalue weighted by molar-refractivity contribution is 5.93. The standard InChI is InChI=1S/C17H15F2N3O2.C5H11NO/c1-10(2)22-14-6-11(9-23)8-20-16(14)15(21-22)12-4-3-5-13(7-12)24-17(18)19;1-6-5-2-3-7-4-5/h3-10,17H,1-2H3;5-6H,2-4H2,1H3. The summed E-state index contributed by atoms with van der Waals surface area (Å²) in [4.78, 5) is 15.3. The molecule has 166 valence electrons. The van der Waals surface area contributed by atoms with E-state index in [0.29, 0.717) is 33.9 Å². The van der Waals surface area contributed by atoms with E-state index in [1.165, 1.54) is 24.8 Å². The molecule has 9 heteroatoms. The molecule has 1 atom stereocenters. The number of carbonyl (C=O) groups excluding carboxylic acids is 1. The van der Waals surface area contributed by atoms with Crippen molar-refractivity contribution in [1.29, 1.82) is 0 Å². The van der Waals surface area contributed by atoms with Crippen molar-refractivity contribution in [3.63, 3.8) is 0 Å². The first-order chi connectivity index (χ1) is 14.9. The van der Waals surface area contributed by atoms with Crippen LogP contribution in [0.3, 0.4) is 0 Å². The Hall–Kier alpha value is -2.91. The Morgan fingerprint density at radius 1 is 1.32 bits per heavy atom. The van der Waals surface area contributed by atoms with Crippen LogP contribution in [0.4, 0.5) is 8.78 Å². The maximum Gasteiger partial charge on any atom is 0.387 e. The number of likely N-dealkylation sites (N-methyl/N-ethyl adjacent to an activating group) is 1. The van der Waals surface area contributed by atoms with Crippen LogP contribution in [-0.4, -0.2) is 54.0 Å². The summed E-state index contributed by atoms with van der Waals surface area (Å²) in [6.07, 6.45) is 3.36. The van der Waals surface area contributed by atoms with E-state index in [0.717, 1.165) is 19.5 Å². The molecule has 0 aliphatic carbocycles. The lowest BCUT2D eigenvalue weighted by molar-refractivity contribution is -0.0498. The van der Waals surface area contributed by atoms with Gasteiger partial charge in [-0.2, -0.15) is 13.9 Å². The summed E-state index contributed by atoms with van der Waals surface area (Å²) in [6, 6.07) is 8.70. The number of nitrogens with zero attached hydrogens (tertiary/aromatic N) is 3. The lowest BCUT2D eigenvalue weighted by atomic mass is 10.1. The summed E-state index contributed by atoms with van der Waals surface area (Å²) < 4.78 is 36.1. The molecule has 0 saturated carbocycles. The minimum atomic E-state index is -2.89. The Morgan fingerprint density at radius 3 is 2.71 bits per heavy atom.